The van der Waals surface area contributed by atoms with E-state index in [9.17, 15) is 8.78 Å². The van der Waals surface area contributed by atoms with Crippen molar-refractivity contribution in [3.8, 4) is 17.2 Å². The summed E-state index contributed by atoms with van der Waals surface area (Å²) in [6, 6.07) is 8.18. The molecule has 2 aromatic rings. The van der Waals surface area contributed by atoms with Crippen LogP contribution in [-0.4, -0.2) is 0 Å². The topological polar surface area (TPSA) is 23.8 Å². The van der Waals surface area contributed by atoms with Crippen molar-refractivity contribution in [1.82, 2.24) is 0 Å². The first-order valence-corrected chi connectivity index (χ1v) is 5.63. The van der Waals surface area contributed by atoms with E-state index in [0.717, 1.165) is 12.1 Å². The lowest BCUT2D eigenvalue weighted by atomic mass is 10.00. The quantitative estimate of drug-likeness (QED) is 0.737. The van der Waals surface area contributed by atoms with E-state index in [2.05, 4.69) is 0 Å². The van der Waals surface area contributed by atoms with Crippen LogP contribution in [0.2, 0.25) is 10.0 Å². The predicted octanol–water partition coefficient (Wildman–Crippen LogP) is 4.81. The fourth-order valence-corrected chi connectivity index (χ4v) is 2.08. The molecule has 0 unspecified atom stereocenters. The Kier molecular flexibility index (Phi) is 3.51. The van der Waals surface area contributed by atoms with Crippen LogP contribution in [0.5, 0.6) is 0 Å². The van der Waals surface area contributed by atoms with Crippen molar-refractivity contribution in [2.24, 2.45) is 0 Å². The molecule has 0 heterocycles. The van der Waals surface area contributed by atoms with Gasteiger partial charge in [-0.15, -0.1) is 0 Å². The van der Waals surface area contributed by atoms with Crippen molar-refractivity contribution in [3.63, 3.8) is 0 Å². The van der Waals surface area contributed by atoms with Gasteiger partial charge in [0.1, 0.15) is 0 Å². The predicted molar refractivity (Wildman–Crippen MR) is 66.5 cm³/mol. The SMILES string of the molecule is N#Cc1cc(F)c(F)cc1-c1ccc(Cl)cc1Cl. The van der Waals surface area contributed by atoms with E-state index in [1.165, 1.54) is 6.07 Å². The normalized spacial score (nSPS) is 10.2. The first kappa shape index (κ1) is 12.8. The zero-order chi connectivity index (χ0) is 13.3. The highest BCUT2D eigenvalue weighted by Crippen LogP contribution is 2.33. The third-order valence-electron chi connectivity index (χ3n) is 2.40. The van der Waals surface area contributed by atoms with Gasteiger partial charge in [0.05, 0.1) is 11.6 Å². The Labute approximate surface area is 112 Å². The van der Waals surface area contributed by atoms with Crippen molar-refractivity contribution in [2.75, 3.05) is 0 Å². The van der Waals surface area contributed by atoms with Crippen molar-refractivity contribution in [1.29, 1.82) is 5.26 Å². The van der Waals surface area contributed by atoms with Crippen LogP contribution in [0.1, 0.15) is 5.56 Å². The molecular weight excluding hydrogens is 279 g/mol. The summed E-state index contributed by atoms with van der Waals surface area (Å²) >= 11 is 11.7. The maximum Gasteiger partial charge on any atom is 0.160 e. The lowest BCUT2D eigenvalue weighted by molar-refractivity contribution is 0.508. The molecule has 2 aromatic carbocycles. The standard InChI is InChI=1S/C13H5Cl2F2N/c14-8-1-2-9(11(15)4-8)10-5-13(17)12(16)3-7(10)6-18/h1-5H. The Morgan fingerprint density at radius 1 is 0.944 bits per heavy atom. The lowest BCUT2D eigenvalue weighted by Crippen LogP contribution is -1.92. The molecule has 0 amide bonds. The smallest absolute Gasteiger partial charge is 0.160 e. The van der Waals surface area contributed by atoms with Gasteiger partial charge >= 0.3 is 0 Å². The average molecular weight is 284 g/mol. The van der Waals surface area contributed by atoms with Crippen molar-refractivity contribution in [3.05, 3.63) is 57.6 Å². The Morgan fingerprint density at radius 3 is 2.22 bits per heavy atom. The Morgan fingerprint density at radius 2 is 1.61 bits per heavy atom. The average Bonchev–Trinajstić information content (AvgIpc) is 2.32. The van der Waals surface area contributed by atoms with Crippen LogP contribution in [0.15, 0.2) is 30.3 Å². The van der Waals surface area contributed by atoms with Gasteiger partial charge in [0, 0.05) is 21.2 Å². The van der Waals surface area contributed by atoms with E-state index in [1.54, 1.807) is 18.2 Å². The molecule has 0 aliphatic rings. The molecule has 1 nitrogen and oxygen atoms in total. The van der Waals surface area contributed by atoms with Crippen LogP contribution in [0.4, 0.5) is 8.78 Å². The Hall–Kier alpha value is -1.63. The molecule has 2 rings (SSSR count). The third-order valence-corrected chi connectivity index (χ3v) is 2.95. The molecular formula is C13H5Cl2F2N. The van der Waals surface area contributed by atoms with Crippen LogP contribution in [-0.2, 0) is 0 Å². The van der Waals surface area contributed by atoms with Gasteiger partial charge < -0.3 is 0 Å². The first-order chi connectivity index (χ1) is 8.52. The zero-order valence-corrected chi connectivity index (χ0v) is 10.4. The summed E-state index contributed by atoms with van der Waals surface area (Å²) in [6.07, 6.45) is 0. The van der Waals surface area contributed by atoms with Crippen LogP contribution < -0.4 is 0 Å². The molecule has 0 aromatic heterocycles. The molecule has 0 aliphatic heterocycles. The van der Waals surface area contributed by atoms with Crippen LogP contribution in [0, 0.1) is 23.0 Å². The van der Waals surface area contributed by atoms with Gasteiger partial charge in [-0.2, -0.15) is 5.26 Å². The van der Waals surface area contributed by atoms with Gasteiger partial charge in [0.25, 0.3) is 0 Å². The number of halogens is 4. The second-order valence-corrected chi connectivity index (χ2v) is 4.39. The molecule has 0 bridgehead atoms. The van der Waals surface area contributed by atoms with Gasteiger partial charge in [0.2, 0.25) is 0 Å². The molecule has 0 saturated heterocycles. The molecule has 0 aliphatic carbocycles. The molecule has 5 heteroatoms. The number of nitrogens with zero attached hydrogens (tertiary/aromatic N) is 1. The summed E-state index contributed by atoms with van der Waals surface area (Å²) in [5, 5.41) is 9.62. The minimum Gasteiger partial charge on any atom is -0.204 e. The molecule has 0 radical (unpaired) electrons. The van der Waals surface area contributed by atoms with Gasteiger partial charge in [-0.05, 0) is 24.3 Å². The zero-order valence-electron chi connectivity index (χ0n) is 8.85. The summed E-state index contributed by atoms with van der Waals surface area (Å²) < 4.78 is 26.3. The second-order valence-electron chi connectivity index (χ2n) is 3.55. The van der Waals surface area contributed by atoms with Crippen molar-refractivity contribution in [2.45, 2.75) is 0 Å². The number of rotatable bonds is 1. The Bertz CT molecular complexity index is 663. The van der Waals surface area contributed by atoms with E-state index in [4.69, 9.17) is 28.5 Å². The highest BCUT2D eigenvalue weighted by molar-refractivity contribution is 6.36. The van der Waals surface area contributed by atoms with Gasteiger partial charge in [0.15, 0.2) is 11.6 Å². The molecule has 90 valence electrons. The third kappa shape index (κ3) is 2.31. The largest absolute Gasteiger partial charge is 0.204 e. The van der Waals surface area contributed by atoms with Gasteiger partial charge in [-0.3, -0.25) is 0 Å². The molecule has 0 N–H and O–H groups in total. The Balaban J connectivity index is 2.71. The highest BCUT2D eigenvalue weighted by Gasteiger charge is 2.13. The van der Waals surface area contributed by atoms with Crippen molar-refractivity contribution >= 4 is 23.2 Å². The van der Waals surface area contributed by atoms with Gasteiger partial charge in [-0.1, -0.05) is 29.3 Å². The summed E-state index contributed by atoms with van der Waals surface area (Å²) in [6.45, 7) is 0. The number of hydrogen-bond donors (Lipinski definition) is 0. The number of benzene rings is 2. The number of nitriles is 1. The highest BCUT2D eigenvalue weighted by atomic mass is 35.5. The summed E-state index contributed by atoms with van der Waals surface area (Å²) in [5.41, 5.74) is 0.674. The maximum absolute atomic E-state index is 13.2. The minimum absolute atomic E-state index is 0.0122. The van der Waals surface area contributed by atoms with E-state index in [-0.39, 0.29) is 16.1 Å². The molecule has 0 saturated carbocycles. The monoisotopic (exact) mass is 283 g/mol. The van der Waals surface area contributed by atoms with E-state index < -0.39 is 11.6 Å². The number of hydrogen-bond acceptors (Lipinski definition) is 1. The lowest BCUT2D eigenvalue weighted by Gasteiger charge is -2.07. The molecule has 0 atom stereocenters. The summed E-state index contributed by atoms with van der Waals surface area (Å²) in [4.78, 5) is 0. The van der Waals surface area contributed by atoms with Crippen LogP contribution in [0.3, 0.4) is 0 Å². The second kappa shape index (κ2) is 4.93. The van der Waals surface area contributed by atoms with E-state index in [1.807, 2.05) is 0 Å². The minimum atomic E-state index is -1.07. The van der Waals surface area contributed by atoms with Gasteiger partial charge in [-0.25, -0.2) is 8.78 Å². The summed E-state index contributed by atoms with van der Waals surface area (Å²) in [5.74, 6) is -2.10. The first-order valence-electron chi connectivity index (χ1n) is 4.87. The molecule has 18 heavy (non-hydrogen) atoms. The molecule has 0 spiro atoms. The fraction of sp³-hybridized carbons (Fsp3) is 0. The van der Waals surface area contributed by atoms with E-state index >= 15 is 0 Å². The van der Waals surface area contributed by atoms with Crippen LogP contribution in [0.25, 0.3) is 11.1 Å². The fourth-order valence-electron chi connectivity index (χ4n) is 1.57. The van der Waals surface area contributed by atoms with Crippen LogP contribution >= 0.6 is 23.2 Å². The molecule has 0 fully saturated rings. The van der Waals surface area contributed by atoms with E-state index in [0.29, 0.717) is 10.6 Å². The van der Waals surface area contributed by atoms with Crippen molar-refractivity contribution < 1.29 is 8.78 Å². The maximum atomic E-state index is 13.2. The summed E-state index contributed by atoms with van der Waals surface area (Å²) in [7, 11) is 0.